The molecule has 0 spiro atoms. The first-order chi connectivity index (χ1) is 11.9. The number of aryl methyl sites for hydroxylation is 1. The Hall–Kier alpha value is -2.35. The number of amides is 1. The predicted molar refractivity (Wildman–Crippen MR) is 108 cm³/mol. The van der Waals surface area contributed by atoms with Crippen molar-refractivity contribution < 1.29 is 4.79 Å². The summed E-state index contributed by atoms with van der Waals surface area (Å²) in [4.78, 5) is 25.5. The molecule has 0 radical (unpaired) electrons. The van der Waals surface area contributed by atoms with Gasteiger partial charge in [0.25, 0.3) is 11.5 Å². The minimum Gasteiger partial charge on any atom is -0.316 e. The van der Waals surface area contributed by atoms with Gasteiger partial charge in [0.15, 0.2) is 0 Å². The van der Waals surface area contributed by atoms with E-state index in [1.165, 1.54) is 0 Å². The number of para-hydroxylation sites is 1. The number of carbonyl (C=O) groups is 1. The van der Waals surface area contributed by atoms with E-state index < -0.39 is 0 Å². The fourth-order valence-corrected chi connectivity index (χ4v) is 3.32. The van der Waals surface area contributed by atoms with Gasteiger partial charge in [-0.15, -0.1) is 0 Å². The van der Waals surface area contributed by atoms with E-state index in [0.29, 0.717) is 16.9 Å². The topological polar surface area (TPSA) is 56.0 Å². The molecule has 3 aromatic rings. The molecular formula is C19H18IN3O2. The highest BCUT2D eigenvalue weighted by Gasteiger charge is 2.20. The number of nitrogens with zero attached hydrogens (tertiary/aromatic N) is 2. The van der Waals surface area contributed by atoms with E-state index in [-0.39, 0.29) is 11.5 Å². The quantitative estimate of drug-likeness (QED) is 0.624. The molecular weight excluding hydrogens is 429 g/mol. The number of hydrogen-bond acceptors (Lipinski definition) is 2. The number of carbonyl (C=O) groups excluding carboxylic acids is 1. The van der Waals surface area contributed by atoms with E-state index in [2.05, 4.69) is 27.9 Å². The van der Waals surface area contributed by atoms with Crippen molar-refractivity contribution in [3.05, 3.63) is 79.3 Å². The average molecular weight is 447 g/mol. The third-order valence-electron chi connectivity index (χ3n) is 4.23. The molecule has 1 heterocycles. The van der Waals surface area contributed by atoms with Crippen molar-refractivity contribution >= 4 is 34.2 Å². The Morgan fingerprint density at radius 1 is 1.04 bits per heavy atom. The maximum atomic E-state index is 12.9. The van der Waals surface area contributed by atoms with Crippen LogP contribution in [0.3, 0.4) is 0 Å². The van der Waals surface area contributed by atoms with Crippen LogP contribution in [0.4, 0.5) is 5.69 Å². The molecule has 0 atom stereocenters. The molecule has 128 valence electrons. The van der Waals surface area contributed by atoms with Crippen LogP contribution in [0.5, 0.6) is 0 Å². The molecule has 0 aliphatic rings. The average Bonchev–Trinajstić information content (AvgIpc) is 2.81. The molecule has 1 amide bonds. The van der Waals surface area contributed by atoms with E-state index in [1.54, 1.807) is 22.5 Å². The van der Waals surface area contributed by atoms with Crippen LogP contribution >= 0.6 is 22.6 Å². The molecule has 0 aliphatic heterocycles. The van der Waals surface area contributed by atoms with Crippen molar-refractivity contribution in [2.75, 3.05) is 5.32 Å². The van der Waals surface area contributed by atoms with Crippen LogP contribution in [-0.2, 0) is 7.05 Å². The minimum atomic E-state index is -0.279. The zero-order valence-corrected chi connectivity index (χ0v) is 16.4. The van der Waals surface area contributed by atoms with Gasteiger partial charge in [0.2, 0.25) is 0 Å². The molecule has 1 aromatic heterocycles. The number of anilines is 1. The normalized spacial score (nSPS) is 10.7. The summed E-state index contributed by atoms with van der Waals surface area (Å²) in [7, 11) is 1.80. The van der Waals surface area contributed by atoms with Gasteiger partial charge in [-0.3, -0.25) is 14.3 Å². The third kappa shape index (κ3) is 3.13. The Morgan fingerprint density at radius 2 is 1.72 bits per heavy atom. The van der Waals surface area contributed by atoms with Gasteiger partial charge in [-0.1, -0.05) is 30.3 Å². The highest BCUT2D eigenvalue weighted by molar-refractivity contribution is 14.1. The SMILES string of the molecule is Cc1cccc(C(=O)Nc2c(C)n(C)n(-c3ccccc3)c2=O)c1I. The van der Waals surface area contributed by atoms with Crippen molar-refractivity contribution in [1.82, 2.24) is 9.36 Å². The minimum absolute atomic E-state index is 0.248. The Labute approximate surface area is 159 Å². The summed E-state index contributed by atoms with van der Waals surface area (Å²) in [6.07, 6.45) is 0. The van der Waals surface area contributed by atoms with Gasteiger partial charge in [0, 0.05) is 10.6 Å². The number of nitrogens with one attached hydrogen (secondary N) is 1. The van der Waals surface area contributed by atoms with Crippen molar-refractivity contribution in [3.63, 3.8) is 0 Å². The van der Waals surface area contributed by atoms with E-state index in [0.717, 1.165) is 14.8 Å². The summed E-state index contributed by atoms with van der Waals surface area (Å²) >= 11 is 2.15. The highest BCUT2D eigenvalue weighted by atomic mass is 127. The van der Waals surface area contributed by atoms with Crippen LogP contribution in [0.2, 0.25) is 0 Å². The van der Waals surface area contributed by atoms with Crippen LogP contribution in [-0.4, -0.2) is 15.3 Å². The number of aromatic nitrogens is 2. The lowest BCUT2D eigenvalue weighted by Crippen LogP contribution is -2.23. The molecule has 1 N–H and O–H groups in total. The summed E-state index contributed by atoms with van der Waals surface area (Å²) in [5.41, 5.74) is 3.10. The molecule has 2 aromatic carbocycles. The zero-order chi connectivity index (χ0) is 18.1. The highest BCUT2D eigenvalue weighted by Crippen LogP contribution is 2.19. The first kappa shape index (κ1) is 17.5. The Morgan fingerprint density at radius 3 is 2.40 bits per heavy atom. The first-order valence-corrected chi connectivity index (χ1v) is 8.90. The Kier molecular flexibility index (Phi) is 4.80. The van der Waals surface area contributed by atoms with Crippen LogP contribution < -0.4 is 10.9 Å². The maximum absolute atomic E-state index is 12.9. The summed E-state index contributed by atoms with van der Waals surface area (Å²) in [6, 6.07) is 14.9. The van der Waals surface area contributed by atoms with Crippen LogP contribution in [0, 0.1) is 17.4 Å². The lowest BCUT2D eigenvalue weighted by atomic mass is 10.1. The second-order valence-corrected chi connectivity index (χ2v) is 6.91. The van der Waals surface area contributed by atoms with E-state index in [4.69, 9.17) is 0 Å². The molecule has 3 rings (SSSR count). The molecule has 0 unspecified atom stereocenters. The second kappa shape index (κ2) is 6.87. The molecule has 6 heteroatoms. The van der Waals surface area contributed by atoms with E-state index in [9.17, 15) is 9.59 Å². The van der Waals surface area contributed by atoms with Gasteiger partial charge in [-0.05, 0) is 60.2 Å². The first-order valence-electron chi connectivity index (χ1n) is 7.82. The number of benzene rings is 2. The summed E-state index contributed by atoms with van der Waals surface area (Å²) in [5.74, 6) is -0.279. The van der Waals surface area contributed by atoms with Crippen molar-refractivity contribution in [3.8, 4) is 5.69 Å². The molecule has 0 bridgehead atoms. The van der Waals surface area contributed by atoms with Gasteiger partial charge < -0.3 is 5.32 Å². The maximum Gasteiger partial charge on any atom is 0.295 e. The van der Waals surface area contributed by atoms with Crippen LogP contribution in [0.25, 0.3) is 5.69 Å². The zero-order valence-electron chi connectivity index (χ0n) is 14.2. The van der Waals surface area contributed by atoms with Gasteiger partial charge in [-0.25, -0.2) is 4.68 Å². The van der Waals surface area contributed by atoms with Gasteiger partial charge in [-0.2, -0.15) is 0 Å². The van der Waals surface area contributed by atoms with E-state index >= 15 is 0 Å². The monoisotopic (exact) mass is 447 g/mol. The van der Waals surface area contributed by atoms with Crippen molar-refractivity contribution in [1.29, 1.82) is 0 Å². The lowest BCUT2D eigenvalue weighted by Gasteiger charge is -2.08. The van der Waals surface area contributed by atoms with Crippen LogP contribution in [0.15, 0.2) is 53.3 Å². The summed E-state index contributed by atoms with van der Waals surface area (Å²) in [6.45, 7) is 3.77. The molecule has 0 saturated carbocycles. The van der Waals surface area contributed by atoms with Crippen molar-refractivity contribution in [2.24, 2.45) is 7.05 Å². The lowest BCUT2D eigenvalue weighted by molar-refractivity contribution is 0.102. The molecule has 5 nitrogen and oxygen atoms in total. The largest absolute Gasteiger partial charge is 0.316 e. The summed E-state index contributed by atoms with van der Waals surface area (Å²) in [5, 5.41) is 2.80. The standard InChI is InChI=1S/C19H18IN3O2/c1-12-8-7-11-15(16(12)20)18(24)21-17-13(2)22(3)23(19(17)25)14-9-5-4-6-10-14/h4-11H,1-3H3,(H,21,24). The molecule has 0 fully saturated rings. The number of rotatable bonds is 3. The Bertz CT molecular complexity index is 1000. The summed E-state index contributed by atoms with van der Waals surface area (Å²) < 4.78 is 4.18. The second-order valence-electron chi connectivity index (χ2n) is 5.83. The fourth-order valence-electron chi connectivity index (χ4n) is 2.72. The third-order valence-corrected chi connectivity index (χ3v) is 5.66. The molecule has 25 heavy (non-hydrogen) atoms. The van der Waals surface area contributed by atoms with Crippen LogP contribution in [0.1, 0.15) is 21.6 Å². The Balaban J connectivity index is 2.03. The van der Waals surface area contributed by atoms with E-state index in [1.807, 2.05) is 56.3 Å². The fraction of sp³-hybridized carbons (Fsp3) is 0.158. The predicted octanol–water partition coefficient (Wildman–Crippen LogP) is 3.65. The number of hydrogen-bond donors (Lipinski definition) is 1. The molecule has 0 aliphatic carbocycles. The smallest absolute Gasteiger partial charge is 0.295 e. The molecule has 0 saturated heterocycles. The van der Waals surface area contributed by atoms with Gasteiger partial charge in [0.05, 0.1) is 16.9 Å². The van der Waals surface area contributed by atoms with Gasteiger partial charge >= 0.3 is 0 Å². The van der Waals surface area contributed by atoms with Crippen molar-refractivity contribution in [2.45, 2.75) is 13.8 Å². The number of halogens is 1. The van der Waals surface area contributed by atoms with Gasteiger partial charge in [0.1, 0.15) is 5.69 Å².